The van der Waals surface area contributed by atoms with Crippen molar-refractivity contribution in [2.45, 2.75) is 13.1 Å². The van der Waals surface area contributed by atoms with E-state index in [1.54, 1.807) is 28.4 Å². The van der Waals surface area contributed by atoms with Crippen molar-refractivity contribution >= 4 is 17.4 Å². The molecule has 0 aliphatic carbocycles. The van der Waals surface area contributed by atoms with Crippen molar-refractivity contribution in [2.75, 3.05) is 28.4 Å². The van der Waals surface area contributed by atoms with E-state index in [1.165, 1.54) is 0 Å². The largest absolute Gasteiger partial charge is 0.418 e. The average molecular weight is 225 g/mol. The zero-order valence-corrected chi connectivity index (χ0v) is 11.1. The quantitative estimate of drug-likeness (QED) is 0.659. The highest BCUT2D eigenvalue weighted by Gasteiger charge is 2.42. The average Bonchev–Trinajstić information content (AvgIpc) is 2.17. The second-order valence-electron chi connectivity index (χ2n) is 2.83. The maximum Gasteiger partial charge on any atom is 0.418 e. The zero-order chi connectivity index (χ0) is 10.5. The van der Waals surface area contributed by atoms with E-state index in [1.807, 2.05) is 13.1 Å². The van der Waals surface area contributed by atoms with Crippen LogP contribution in [-0.4, -0.2) is 45.9 Å². The standard InChI is InChI=1S/C6H19NO4Si2/c1-8-12(5,9-2)7-13(6,10-3)11-4/h7H,1-6H3. The number of hydrogen-bond donors (Lipinski definition) is 1. The summed E-state index contributed by atoms with van der Waals surface area (Å²) in [6.45, 7) is 3.80. The number of rotatable bonds is 6. The summed E-state index contributed by atoms with van der Waals surface area (Å²) in [6.07, 6.45) is 0. The minimum Gasteiger partial charge on any atom is -0.386 e. The third kappa shape index (κ3) is 3.85. The zero-order valence-electron chi connectivity index (χ0n) is 9.13. The van der Waals surface area contributed by atoms with Gasteiger partial charge in [0.05, 0.1) is 0 Å². The van der Waals surface area contributed by atoms with Gasteiger partial charge in [0.25, 0.3) is 0 Å². The second-order valence-corrected chi connectivity index (χ2v) is 9.25. The van der Waals surface area contributed by atoms with Gasteiger partial charge in [0.2, 0.25) is 0 Å². The molecule has 0 rings (SSSR count). The smallest absolute Gasteiger partial charge is 0.386 e. The molecule has 0 spiro atoms. The molecule has 0 fully saturated rings. The molecular weight excluding hydrogens is 206 g/mol. The summed E-state index contributed by atoms with van der Waals surface area (Å²) in [7, 11) is 1.83. The Labute approximate surface area is 82.0 Å². The molecule has 5 nitrogen and oxygen atoms in total. The third-order valence-electron chi connectivity index (χ3n) is 2.01. The van der Waals surface area contributed by atoms with Crippen LogP contribution in [0.5, 0.6) is 0 Å². The summed E-state index contributed by atoms with van der Waals surface area (Å²) in [5.41, 5.74) is 0. The first-order chi connectivity index (χ1) is 5.95. The highest BCUT2D eigenvalue weighted by atomic mass is 28.4. The van der Waals surface area contributed by atoms with E-state index in [2.05, 4.69) is 4.65 Å². The molecule has 7 heteroatoms. The summed E-state index contributed by atoms with van der Waals surface area (Å²) in [5, 5.41) is 0. The first-order valence-corrected chi connectivity index (χ1v) is 8.58. The summed E-state index contributed by atoms with van der Waals surface area (Å²) < 4.78 is 24.3. The number of nitrogens with one attached hydrogen (secondary N) is 1. The molecule has 0 bridgehead atoms. The maximum atomic E-state index is 5.27. The SMILES string of the molecule is CO[Si](C)(N[Si](C)(OC)OC)OC. The minimum absolute atomic E-state index is 1.61. The second kappa shape index (κ2) is 5.20. The lowest BCUT2D eigenvalue weighted by Crippen LogP contribution is -2.66. The lowest BCUT2D eigenvalue weighted by Gasteiger charge is -2.32. The van der Waals surface area contributed by atoms with Crippen LogP contribution >= 0.6 is 0 Å². The normalized spacial score (nSPS) is 13.4. The highest BCUT2D eigenvalue weighted by molar-refractivity contribution is 6.80. The Balaban J connectivity index is 4.36. The Hall–Kier alpha value is 0.234. The van der Waals surface area contributed by atoms with Crippen molar-refractivity contribution in [3.63, 3.8) is 0 Å². The Morgan fingerprint density at radius 2 is 0.923 bits per heavy atom. The first kappa shape index (κ1) is 13.2. The molecule has 0 aromatic heterocycles. The van der Waals surface area contributed by atoms with Crippen molar-refractivity contribution in [1.29, 1.82) is 0 Å². The van der Waals surface area contributed by atoms with Gasteiger partial charge in [0.1, 0.15) is 0 Å². The summed E-state index contributed by atoms with van der Waals surface area (Å²) in [5.74, 6) is 0. The maximum absolute atomic E-state index is 5.27. The van der Waals surface area contributed by atoms with Crippen molar-refractivity contribution in [3.8, 4) is 0 Å². The van der Waals surface area contributed by atoms with E-state index in [-0.39, 0.29) is 0 Å². The van der Waals surface area contributed by atoms with Gasteiger partial charge in [-0.15, -0.1) is 0 Å². The molecule has 0 radical (unpaired) electrons. The van der Waals surface area contributed by atoms with Crippen LogP contribution in [0.25, 0.3) is 0 Å². The Morgan fingerprint density at radius 3 is 1.08 bits per heavy atom. The van der Waals surface area contributed by atoms with Gasteiger partial charge in [-0.05, 0) is 13.1 Å². The molecule has 0 amide bonds. The van der Waals surface area contributed by atoms with Crippen molar-refractivity contribution < 1.29 is 17.7 Å². The van der Waals surface area contributed by atoms with Gasteiger partial charge in [-0.2, -0.15) is 0 Å². The van der Waals surface area contributed by atoms with Gasteiger partial charge in [0.15, 0.2) is 0 Å². The van der Waals surface area contributed by atoms with Crippen LogP contribution in [0.2, 0.25) is 13.1 Å². The third-order valence-corrected chi connectivity index (χ3v) is 8.76. The van der Waals surface area contributed by atoms with E-state index in [0.717, 1.165) is 0 Å². The minimum atomic E-state index is -2.31. The molecular formula is C6H19NO4Si2. The van der Waals surface area contributed by atoms with Crippen LogP contribution in [0.1, 0.15) is 0 Å². The fourth-order valence-corrected chi connectivity index (χ4v) is 6.05. The molecule has 0 saturated heterocycles. The van der Waals surface area contributed by atoms with Gasteiger partial charge < -0.3 is 17.7 Å². The van der Waals surface area contributed by atoms with Crippen LogP contribution in [0.3, 0.4) is 0 Å². The van der Waals surface area contributed by atoms with E-state index >= 15 is 0 Å². The summed E-state index contributed by atoms with van der Waals surface area (Å²) in [4.78, 5) is 0. The molecule has 0 saturated carbocycles. The van der Waals surface area contributed by atoms with Gasteiger partial charge in [-0.3, -0.25) is 4.65 Å². The van der Waals surface area contributed by atoms with E-state index < -0.39 is 17.4 Å². The highest BCUT2D eigenvalue weighted by Crippen LogP contribution is 2.07. The monoisotopic (exact) mass is 225 g/mol. The molecule has 0 heterocycles. The Morgan fingerprint density at radius 1 is 0.692 bits per heavy atom. The van der Waals surface area contributed by atoms with Crippen molar-refractivity contribution in [1.82, 2.24) is 4.65 Å². The summed E-state index contributed by atoms with van der Waals surface area (Å²) in [6, 6.07) is 0. The molecule has 1 N–H and O–H groups in total. The predicted molar refractivity (Wildman–Crippen MR) is 54.4 cm³/mol. The lowest BCUT2D eigenvalue weighted by atomic mass is 11.8. The summed E-state index contributed by atoms with van der Waals surface area (Å²) >= 11 is 0. The van der Waals surface area contributed by atoms with Gasteiger partial charge in [0, 0.05) is 28.4 Å². The van der Waals surface area contributed by atoms with Gasteiger partial charge >= 0.3 is 17.4 Å². The first-order valence-electron chi connectivity index (χ1n) is 3.95. The van der Waals surface area contributed by atoms with Crippen molar-refractivity contribution in [3.05, 3.63) is 0 Å². The van der Waals surface area contributed by atoms with E-state index in [4.69, 9.17) is 17.7 Å². The van der Waals surface area contributed by atoms with Crippen molar-refractivity contribution in [2.24, 2.45) is 0 Å². The van der Waals surface area contributed by atoms with E-state index in [0.29, 0.717) is 0 Å². The molecule has 0 aliphatic rings. The fourth-order valence-electron chi connectivity index (χ4n) is 0.783. The molecule has 0 aromatic carbocycles. The predicted octanol–water partition coefficient (Wildman–Crippen LogP) is 0.299. The van der Waals surface area contributed by atoms with Crippen LogP contribution < -0.4 is 4.65 Å². The fraction of sp³-hybridized carbons (Fsp3) is 1.00. The Bertz CT molecular complexity index is 134. The van der Waals surface area contributed by atoms with Crippen LogP contribution in [0, 0.1) is 0 Å². The molecule has 80 valence electrons. The van der Waals surface area contributed by atoms with Crippen LogP contribution in [0.4, 0.5) is 0 Å². The molecule has 0 aliphatic heterocycles. The molecule has 0 atom stereocenters. The molecule has 0 unspecified atom stereocenters. The van der Waals surface area contributed by atoms with Crippen LogP contribution in [-0.2, 0) is 17.7 Å². The lowest BCUT2D eigenvalue weighted by molar-refractivity contribution is 0.209. The van der Waals surface area contributed by atoms with Gasteiger partial charge in [-0.1, -0.05) is 0 Å². The van der Waals surface area contributed by atoms with Crippen LogP contribution in [0.15, 0.2) is 0 Å². The topological polar surface area (TPSA) is 49.0 Å². The van der Waals surface area contributed by atoms with E-state index in [9.17, 15) is 0 Å². The molecule has 13 heavy (non-hydrogen) atoms. The molecule has 0 aromatic rings. The van der Waals surface area contributed by atoms with Gasteiger partial charge in [-0.25, -0.2) is 0 Å². The Kier molecular flexibility index (Phi) is 5.29. The number of hydrogen-bond acceptors (Lipinski definition) is 5.